The topological polar surface area (TPSA) is 82.3 Å². The number of carbonyl (C=O) groups excluding carboxylic acids is 1. The number of carbonyl (C=O) groups is 1. The van der Waals surface area contributed by atoms with Crippen molar-refractivity contribution in [2.45, 2.75) is 6.61 Å². The number of hydrogen-bond acceptors (Lipinski definition) is 5. The van der Waals surface area contributed by atoms with Gasteiger partial charge in [-0.15, -0.1) is 0 Å². The van der Waals surface area contributed by atoms with Crippen LogP contribution in [-0.4, -0.2) is 16.2 Å². The number of benzene rings is 1. The van der Waals surface area contributed by atoms with Crippen LogP contribution in [0, 0.1) is 10.1 Å². The van der Waals surface area contributed by atoms with Gasteiger partial charge in [0.2, 0.25) is 0 Å². The van der Waals surface area contributed by atoms with Gasteiger partial charge >= 0.3 is 0 Å². The van der Waals surface area contributed by atoms with Crippen molar-refractivity contribution in [3.05, 3.63) is 62.4 Å². The van der Waals surface area contributed by atoms with E-state index in [4.69, 9.17) is 4.74 Å². The van der Waals surface area contributed by atoms with Crippen LogP contribution in [0.15, 0.2) is 41.0 Å². The predicted molar refractivity (Wildman–Crippen MR) is 74.8 cm³/mol. The lowest BCUT2D eigenvalue weighted by Gasteiger charge is -2.06. The summed E-state index contributed by atoms with van der Waals surface area (Å²) in [5.74, 6) is 0.438. The van der Waals surface area contributed by atoms with Crippen LogP contribution in [0.1, 0.15) is 16.1 Å². The molecule has 0 saturated heterocycles. The third kappa shape index (κ3) is 3.39. The number of nitrogens with zero attached hydrogens (tertiary/aromatic N) is 2. The average Bonchev–Trinajstić information content (AvgIpc) is 2.46. The Morgan fingerprint density at radius 1 is 1.35 bits per heavy atom. The Hall–Kier alpha value is -2.28. The summed E-state index contributed by atoms with van der Waals surface area (Å²) in [4.78, 5) is 24.8. The maximum absolute atomic E-state index is 10.9. The minimum absolute atomic E-state index is 0.0168. The van der Waals surface area contributed by atoms with Gasteiger partial charge in [0, 0.05) is 10.5 Å². The number of rotatable bonds is 5. The van der Waals surface area contributed by atoms with E-state index in [0.717, 1.165) is 0 Å². The summed E-state index contributed by atoms with van der Waals surface area (Å²) in [7, 11) is 0. The number of halogens is 1. The highest BCUT2D eigenvalue weighted by Crippen LogP contribution is 2.24. The van der Waals surface area contributed by atoms with E-state index < -0.39 is 4.92 Å². The summed E-state index contributed by atoms with van der Waals surface area (Å²) in [5, 5.41) is 10.9. The quantitative estimate of drug-likeness (QED) is 0.475. The van der Waals surface area contributed by atoms with Gasteiger partial charge in [0.15, 0.2) is 6.29 Å². The number of nitro groups is 1. The molecule has 2 rings (SSSR count). The molecular weight excluding hydrogens is 328 g/mol. The maximum atomic E-state index is 10.9. The molecule has 1 aromatic heterocycles. The first-order valence-corrected chi connectivity index (χ1v) is 6.36. The van der Waals surface area contributed by atoms with Crippen LogP contribution in [0.25, 0.3) is 0 Å². The number of nitro benzene ring substituents is 1. The van der Waals surface area contributed by atoms with Gasteiger partial charge in [-0.05, 0) is 24.3 Å². The van der Waals surface area contributed by atoms with Crippen LogP contribution >= 0.6 is 15.9 Å². The molecule has 0 unspecified atom stereocenters. The van der Waals surface area contributed by atoms with Crippen molar-refractivity contribution in [2.75, 3.05) is 0 Å². The molecular formula is C13H9BrN2O4. The summed E-state index contributed by atoms with van der Waals surface area (Å²) >= 11 is 3.19. The Balaban J connectivity index is 2.13. The normalized spacial score (nSPS) is 10.1. The highest BCUT2D eigenvalue weighted by molar-refractivity contribution is 9.10. The molecule has 1 aromatic carbocycles. The lowest BCUT2D eigenvalue weighted by atomic mass is 10.2. The zero-order valence-corrected chi connectivity index (χ0v) is 11.7. The molecule has 0 fully saturated rings. The van der Waals surface area contributed by atoms with Crippen molar-refractivity contribution in [3.63, 3.8) is 0 Å². The van der Waals surface area contributed by atoms with E-state index in [1.54, 1.807) is 18.2 Å². The molecule has 0 radical (unpaired) electrons. The summed E-state index contributed by atoms with van der Waals surface area (Å²) in [6, 6.07) is 7.85. The lowest BCUT2D eigenvalue weighted by Crippen LogP contribution is -2.01. The Bertz CT molecular complexity index is 643. The third-order valence-corrected chi connectivity index (χ3v) is 3.01. The molecule has 0 saturated carbocycles. The van der Waals surface area contributed by atoms with E-state index in [9.17, 15) is 14.9 Å². The molecule has 7 heteroatoms. The predicted octanol–water partition coefficient (Wildman–Crippen LogP) is 3.14. The smallest absolute Gasteiger partial charge is 0.277 e. The molecule has 0 N–H and O–H groups in total. The Kier molecular flexibility index (Phi) is 4.41. The van der Waals surface area contributed by atoms with E-state index in [2.05, 4.69) is 20.9 Å². The van der Waals surface area contributed by atoms with E-state index in [0.29, 0.717) is 27.8 Å². The standard InChI is InChI=1S/C13H9BrN2O4/c14-10-2-1-9(13(5-10)16(18)19)8-20-12-4-3-11(7-17)15-6-12/h1-7H,8H2. The first-order chi connectivity index (χ1) is 9.60. The van der Waals surface area contributed by atoms with Crippen LogP contribution in [0.3, 0.4) is 0 Å². The van der Waals surface area contributed by atoms with Gasteiger partial charge in [0.25, 0.3) is 5.69 Å². The van der Waals surface area contributed by atoms with Gasteiger partial charge in [-0.3, -0.25) is 14.9 Å². The van der Waals surface area contributed by atoms with Crippen molar-refractivity contribution in [1.82, 2.24) is 4.98 Å². The van der Waals surface area contributed by atoms with Gasteiger partial charge < -0.3 is 4.74 Å². The third-order valence-electron chi connectivity index (χ3n) is 2.52. The van der Waals surface area contributed by atoms with Crippen molar-refractivity contribution in [2.24, 2.45) is 0 Å². The van der Waals surface area contributed by atoms with Crippen LogP contribution in [0.4, 0.5) is 5.69 Å². The molecule has 6 nitrogen and oxygen atoms in total. The molecule has 0 amide bonds. The number of hydrogen-bond donors (Lipinski definition) is 0. The summed E-state index contributed by atoms with van der Waals surface area (Å²) < 4.78 is 6.05. The SMILES string of the molecule is O=Cc1ccc(OCc2ccc(Br)cc2[N+](=O)[O-])cn1. The van der Waals surface area contributed by atoms with Crippen LogP contribution in [0.5, 0.6) is 5.75 Å². The van der Waals surface area contributed by atoms with Crippen LogP contribution in [-0.2, 0) is 6.61 Å². The van der Waals surface area contributed by atoms with Crippen molar-refractivity contribution in [1.29, 1.82) is 0 Å². The van der Waals surface area contributed by atoms with Crippen molar-refractivity contribution >= 4 is 27.9 Å². The number of aromatic nitrogens is 1. The number of pyridine rings is 1. The van der Waals surface area contributed by atoms with Gasteiger partial charge in [0.05, 0.1) is 16.7 Å². The summed E-state index contributed by atoms with van der Waals surface area (Å²) in [6.07, 6.45) is 2.03. The highest BCUT2D eigenvalue weighted by atomic mass is 79.9. The molecule has 20 heavy (non-hydrogen) atoms. The largest absolute Gasteiger partial charge is 0.487 e. The van der Waals surface area contributed by atoms with Gasteiger partial charge in [0.1, 0.15) is 18.1 Å². The fraction of sp³-hybridized carbons (Fsp3) is 0.0769. The second kappa shape index (κ2) is 6.25. The lowest BCUT2D eigenvalue weighted by molar-refractivity contribution is -0.385. The molecule has 102 valence electrons. The Morgan fingerprint density at radius 3 is 2.75 bits per heavy atom. The fourth-order valence-electron chi connectivity index (χ4n) is 1.54. The Morgan fingerprint density at radius 2 is 2.15 bits per heavy atom. The average molecular weight is 337 g/mol. The summed E-state index contributed by atoms with van der Waals surface area (Å²) in [6.45, 7) is 0.0473. The van der Waals surface area contributed by atoms with Gasteiger partial charge in [-0.25, -0.2) is 4.98 Å². The molecule has 0 aliphatic rings. The van der Waals surface area contributed by atoms with Gasteiger partial charge in [-0.1, -0.05) is 15.9 Å². The van der Waals surface area contributed by atoms with E-state index >= 15 is 0 Å². The zero-order chi connectivity index (χ0) is 14.5. The van der Waals surface area contributed by atoms with Crippen molar-refractivity contribution in [3.8, 4) is 5.75 Å². The monoisotopic (exact) mass is 336 g/mol. The van der Waals surface area contributed by atoms with E-state index in [-0.39, 0.29) is 12.3 Å². The van der Waals surface area contributed by atoms with E-state index in [1.807, 2.05) is 0 Å². The molecule has 0 atom stereocenters. The minimum Gasteiger partial charge on any atom is -0.487 e. The highest BCUT2D eigenvalue weighted by Gasteiger charge is 2.14. The van der Waals surface area contributed by atoms with Gasteiger partial charge in [-0.2, -0.15) is 0 Å². The number of ether oxygens (including phenoxy) is 1. The molecule has 0 spiro atoms. The molecule has 1 heterocycles. The van der Waals surface area contributed by atoms with Crippen LogP contribution < -0.4 is 4.74 Å². The summed E-state index contributed by atoms with van der Waals surface area (Å²) in [5.41, 5.74) is 0.737. The van der Waals surface area contributed by atoms with E-state index in [1.165, 1.54) is 18.3 Å². The molecule has 2 aromatic rings. The second-order valence-electron chi connectivity index (χ2n) is 3.86. The first-order valence-electron chi connectivity index (χ1n) is 5.57. The fourth-order valence-corrected chi connectivity index (χ4v) is 1.89. The van der Waals surface area contributed by atoms with Crippen molar-refractivity contribution < 1.29 is 14.5 Å². The maximum Gasteiger partial charge on any atom is 0.277 e. The number of aldehydes is 1. The first kappa shape index (κ1) is 14.1. The zero-order valence-electron chi connectivity index (χ0n) is 10.2. The minimum atomic E-state index is -0.461. The Labute approximate surface area is 122 Å². The second-order valence-corrected chi connectivity index (χ2v) is 4.77. The molecule has 0 aliphatic heterocycles. The molecule has 0 bridgehead atoms. The molecule has 0 aliphatic carbocycles. The van der Waals surface area contributed by atoms with Crippen LogP contribution in [0.2, 0.25) is 0 Å².